The van der Waals surface area contributed by atoms with Crippen LogP contribution in [0.3, 0.4) is 0 Å². The lowest BCUT2D eigenvalue weighted by Gasteiger charge is -2.12. The first-order chi connectivity index (χ1) is 8.99. The number of carbonyl (C=O) groups excluding carboxylic acids is 2. The molecular formula is C14H11ClO4. The Hall–Kier alpha value is -2.07. The molecule has 0 heterocycles. The van der Waals surface area contributed by atoms with Gasteiger partial charge in [0.15, 0.2) is 11.5 Å². The predicted octanol–water partition coefficient (Wildman–Crippen LogP) is 3.34. The number of esters is 2. The normalized spacial score (nSPS) is 10.3. The predicted molar refractivity (Wildman–Crippen MR) is 71.6 cm³/mol. The number of carbonyl (C=O) groups is 2. The minimum atomic E-state index is -0.514. The van der Waals surface area contributed by atoms with E-state index in [-0.39, 0.29) is 11.5 Å². The van der Waals surface area contributed by atoms with Crippen LogP contribution in [0.2, 0.25) is 5.02 Å². The maximum atomic E-state index is 11.2. The molecule has 98 valence electrons. The molecule has 4 nitrogen and oxygen atoms in total. The number of halogens is 1. The molecule has 0 spiro atoms. The highest BCUT2D eigenvalue weighted by Crippen LogP contribution is 2.40. The van der Waals surface area contributed by atoms with E-state index in [1.807, 2.05) is 6.07 Å². The summed E-state index contributed by atoms with van der Waals surface area (Å²) < 4.78 is 10.2. The van der Waals surface area contributed by atoms with Crippen LogP contribution in [-0.2, 0) is 9.59 Å². The van der Waals surface area contributed by atoms with Crippen molar-refractivity contribution in [2.75, 3.05) is 0 Å². The van der Waals surface area contributed by atoms with E-state index in [9.17, 15) is 9.59 Å². The molecule has 0 saturated heterocycles. The van der Waals surface area contributed by atoms with Crippen molar-refractivity contribution in [1.29, 1.82) is 0 Å². The fourth-order valence-electron chi connectivity index (χ4n) is 1.76. The van der Waals surface area contributed by atoms with Gasteiger partial charge in [-0.2, -0.15) is 0 Å². The number of hydrogen-bond acceptors (Lipinski definition) is 4. The van der Waals surface area contributed by atoms with Crippen molar-refractivity contribution in [1.82, 2.24) is 0 Å². The van der Waals surface area contributed by atoms with Crippen molar-refractivity contribution in [3.8, 4) is 11.5 Å². The number of ether oxygens (including phenoxy) is 2. The Bertz CT molecular complexity index is 664. The Morgan fingerprint density at radius 2 is 1.58 bits per heavy atom. The summed E-state index contributed by atoms with van der Waals surface area (Å²) in [6, 6.07) is 8.60. The molecule has 2 aromatic carbocycles. The van der Waals surface area contributed by atoms with Gasteiger partial charge in [0.2, 0.25) is 0 Å². The molecule has 5 heteroatoms. The Labute approximate surface area is 114 Å². The molecule has 2 aromatic rings. The minimum Gasteiger partial charge on any atom is -0.423 e. The zero-order valence-corrected chi connectivity index (χ0v) is 11.2. The maximum absolute atomic E-state index is 11.2. The number of hydrogen-bond donors (Lipinski definition) is 0. The first-order valence-electron chi connectivity index (χ1n) is 5.57. The van der Waals surface area contributed by atoms with Gasteiger partial charge in [-0.15, -0.1) is 0 Å². The molecular weight excluding hydrogens is 268 g/mol. The summed E-state index contributed by atoms with van der Waals surface area (Å²) in [6.07, 6.45) is 0. The summed E-state index contributed by atoms with van der Waals surface area (Å²) in [5.74, 6) is -0.685. The van der Waals surface area contributed by atoms with E-state index in [0.717, 1.165) is 5.39 Å². The highest BCUT2D eigenvalue weighted by atomic mass is 35.5. The lowest BCUT2D eigenvalue weighted by molar-refractivity contribution is -0.134. The summed E-state index contributed by atoms with van der Waals surface area (Å²) in [7, 11) is 0. The third kappa shape index (κ3) is 2.85. The van der Waals surface area contributed by atoms with Crippen molar-refractivity contribution in [3.63, 3.8) is 0 Å². The van der Waals surface area contributed by atoms with Gasteiger partial charge in [-0.1, -0.05) is 35.9 Å². The zero-order valence-electron chi connectivity index (χ0n) is 10.4. The van der Waals surface area contributed by atoms with Crippen LogP contribution in [0.4, 0.5) is 0 Å². The lowest BCUT2D eigenvalue weighted by atomic mass is 10.1. The highest BCUT2D eigenvalue weighted by Gasteiger charge is 2.16. The molecule has 19 heavy (non-hydrogen) atoms. The largest absolute Gasteiger partial charge is 0.423 e. The van der Waals surface area contributed by atoms with Crippen LogP contribution in [0, 0.1) is 0 Å². The van der Waals surface area contributed by atoms with E-state index in [0.29, 0.717) is 10.4 Å². The molecule has 0 aliphatic rings. The lowest BCUT2D eigenvalue weighted by Crippen LogP contribution is -2.07. The first-order valence-corrected chi connectivity index (χ1v) is 5.95. The number of benzene rings is 2. The average Bonchev–Trinajstić information content (AvgIpc) is 2.33. The van der Waals surface area contributed by atoms with E-state index in [4.69, 9.17) is 21.1 Å². The molecule has 0 atom stereocenters. The van der Waals surface area contributed by atoms with Gasteiger partial charge in [-0.25, -0.2) is 0 Å². The molecule has 0 aliphatic carbocycles. The van der Waals surface area contributed by atoms with Crippen LogP contribution in [0.25, 0.3) is 10.8 Å². The molecule has 0 fully saturated rings. The van der Waals surface area contributed by atoms with Gasteiger partial charge < -0.3 is 9.47 Å². The Balaban J connectivity index is 2.71. The van der Waals surface area contributed by atoms with Crippen molar-refractivity contribution >= 4 is 34.3 Å². The van der Waals surface area contributed by atoms with Crippen LogP contribution >= 0.6 is 11.6 Å². The number of rotatable bonds is 2. The Morgan fingerprint density at radius 1 is 1.00 bits per heavy atom. The molecule has 0 aliphatic heterocycles. The van der Waals surface area contributed by atoms with E-state index in [1.165, 1.54) is 19.9 Å². The molecule has 0 unspecified atom stereocenters. The van der Waals surface area contributed by atoms with Gasteiger partial charge in [0.05, 0.1) is 5.02 Å². The standard InChI is InChI=1S/C14H11ClO4/c1-8(16)18-13-7-12(15)10-5-3-4-6-11(10)14(13)19-9(2)17/h3-7H,1-2H3. The topological polar surface area (TPSA) is 52.6 Å². The third-order valence-corrected chi connectivity index (χ3v) is 2.72. The SMILES string of the molecule is CC(=O)Oc1cc(Cl)c2ccccc2c1OC(C)=O. The summed E-state index contributed by atoms with van der Waals surface area (Å²) in [5.41, 5.74) is 0. The monoisotopic (exact) mass is 278 g/mol. The molecule has 0 saturated carbocycles. The van der Waals surface area contributed by atoms with Crippen LogP contribution < -0.4 is 9.47 Å². The third-order valence-electron chi connectivity index (χ3n) is 2.41. The van der Waals surface area contributed by atoms with E-state index in [2.05, 4.69) is 0 Å². The molecule has 0 N–H and O–H groups in total. The van der Waals surface area contributed by atoms with Crippen molar-refractivity contribution in [2.45, 2.75) is 13.8 Å². The Kier molecular flexibility index (Phi) is 3.71. The highest BCUT2D eigenvalue weighted by molar-refractivity contribution is 6.36. The van der Waals surface area contributed by atoms with Crippen molar-refractivity contribution in [3.05, 3.63) is 35.4 Å². The van der Waals surface area contributed by atoms with Crippen LogP contribution in [0.1, 0.15) is 13.8 Å². The summed E-state index contributed by atoms with van der Waals surface area (Å²) >= 11 is 6.12. The van der Waals surface area contributed by atoms with Gasteiger partial charge in [0.25, 0.3) is 0 Å². The van der Waals surface area contributed by atoms with Crippen LogP contribution in [0.5, 0.6) is 11.5 Å². The van der Waals surface area contributed by atoms with E-state index < -0.39 is 11.9 Å². The summed E-state index contributed by atoms with van der Waals surface area (Å²) in [6.45, 7) is 2.54. The quantitative estimate of drug-likeness (QED) is 0.624. The zero-order chi connectivity index (χ0) is 14.0. The second kappa shape index (κ2) is 5.28. The molecule has 0 bridgehead atoms. The van der Waals surface area contributed by atoms with Crippen molar-refractivity contribution in [2.24, 2.45) is 0 Å². The Morgan fingerprint density at radius 3 is 2.16 bits per heavy atom. The first kappa shape index (κ1) is 13.4. The van der Waals surface area contributed by atoms with Crippen LogP contribution in [0.15, 0.2) is 30.3 Å². The van der Waals surface area contributed by atoms with Gasteiger partial charge in [0, 0.05) is 30.7 Å². The molecule has 0 amide bonds. The van der Waals surface area contributed by atoms with Gasteiger partial charge >= 0.3 is 11.9 Å². The summed E-state index contributed by atoms with van der Waals surface area (Å²) in [4.78, 5) is 22.3. The second-order valence-corrected chi connectivity index (χ2v) is 4.33. The second-order valence-electron chi connectivity index (χ2n) is 3.92. The fraction of sp³-hybridized carbons (Fsp3) is 0.143. The van der Waals surface area contributed by atoms with E-state index >= 15 is 0 Å². The van der Waals surface area contributed by atoms with Crippen LogP contribution in [-0.4, -0.2) is 11.9 Å². The maximum Gasteiger partial charge on any atom is 0.308 e. The van der Waals surface area contributed by atoms with Gasteiger partial charge in [-0.3, -0.25) is 9.59 Å². The minimum absolute atomic E-state index is 0.131. The van der Waals surface area contributed by atoms with Gasteiger partial charge in [0.1, 0.15) is 0 Å². The number of fused-ring (bicyclic) bond motifs is 1. The average molecular weight is 279 g/mol. The smallest absolute Gasteiger partial charge is 0.308 e. The molecule has 2 rings (SSSR count). The van der Waals surface area contributed by atoms with E-state index in [1.54, 1.807) is 18.2 Å². The summed E-state index contributed by atoms with van der Waals surface area (Å²) in [5, 5.41) is 1.75. The fourth-order valence-corrected chi connectivity index (χ4v) is 2.02. The van der Waals surface area contributed by atoms with Gasteiger partial charge in [-0.05, 0) is 0 Å². The molecule has 0 radical (unpaired) electrons. The molecule has 0 aromatic heterocycles. The van der Waals surface area contributed by atoms with Crippen molar-refractivity contribution < 1.29 is 19.1 Å².